The summed E-state index contributed by atoms with van der Waals surface area (Å²) in [5, 5.41) is 8.60. The molecule has 0 unspecified atom stereocenters. The van der Waals surface area contributed by atoms with Gasteiger partial charge in [0.1, 0.15) is 5.66 Å². The summed E-state index contributed by atoms with van der Waals surface area (Å²) in [4.78, 5) is 1.19. The van der Waals surface area contributed by atoms with Crippen LogP contribution in [0.4, 0.5) is 5.69 Å². The molecule has 1 fully saturated rings. The highest BCUT2D eigenvalue weighted by Gasteiger charge is 2.38. The van der Waals surface area contributed by atoms with E-state index in [-0.39, 0.29) is 5.66 Å². The van der Waals surface area contributed by atoms with Crippen LogP contribution in [0.2, 0.25) is 5.02 Å². The van der Waals surface area contributed by atoms with E-state index in [0.717, 1.165) is 5.69 Å². The van der Waals surface area contributed by atoms with Crippen molar-refractivity contribution < 1.29 is 0 Å². The molecule has 0 aliphatic carbocycles. The van der Waals surface area contributed by atoms with Gasteiger partial charge in [-0.1, -0.05) is 17.7 Å². The Labute approximate surface area is 126 Å². The predicted molar refractivity (Wildman–Crippen MR) is 84.5 cm³/mol. The Balaban J connectivity index is 1.90. The fourth-order valence-corrected chi connectivity index (χ4v) is 3.30. The normalized spacial score (nSPS) is 22.6. The number of hydrazine groups is 1. The quantitative estimate of drug-likeness (QED) is 0.831. The van der Waals surface area contributed by atoms with Crippen LogP contribution in [0.5, 0.6) is 0 Å². The zero-order chi connectivity index (χ0) is 13.5. The van der Waals surface area contributed by atoms with Gasteiger partial charge in [-0.3, -0.25) is 0 Å². The van der Waals surface area contributed by atoms with Crippen molar-refractivity contribution in [3.8, 4) is 0 Å². The molecule has 0 bridgehead atoms. The zero-order valence-electron chi connectivity index (χ0n) is 10.2. The van der Waals surface area contributed by atoms with Crippen LogP contribution in [-0.2, 0) is 5.66 Å². The number of rotatable bonds is 2. The molecule has 1 atom stereocenters. The van der Waals surface area contributed by atoms with Gasteiger partial charge in [0.05, 0.1) is 5.69 Å². The van der Waals surface area contributed by atoms with E-state index in [2.05, 4.69) is 29.1 Å². The third-order valence-corrected chi connectivity index (χ3v) is 4.62. The summed E-state index contributed by atoms with van der Waals surface area (Å²) in [6, 6.07) is 11.7. The van der Waals surface area contributed by atoms with E-state index in [1.165, 1.54) is 4.88 Å². The number of nitrogens with zero attached hydrogens (tertiary/aromatic N) is 1. The Morgan fingerprint density at radius 1 is 1.26 bits per heavy atom. The van der Waals surface area contributed by atoms with Gasteiger partial charge in [0.2, 0.25) is 0 Å². The summed E-state index contributed by atoms with van der Waals surface area (Å²) < 4.78 is 0. The van der Waals surface area contributed by atoms with E-state index in [4.69, 9.17) is 23.8 Å². The van der Waals surface area contributed by atoms with Crippen molar-refractivity contribution in [2.24, 2.45) is 0 Å². The van der Waals surface area contributed by atoms with E-state index in [9.17, 15) is 0 Å². The molecule has 3 rings (SSSR count). The van der Waals surface area contributed by atoms with E-state index >= 15 is 0 Å². The lowest BCUT2D eigenvalue weighted by Crippen LogP contribution is -2.45. The number of halogens is 1. The van der Waals surface area contributed by atoms with Crippen LogP contribution in [0.1, 0.15) is 11.8 Å². The molecule has 1 aliphatic heterocycles. The van der Waals surface area contributed by atoms with Crippen molar-refractivity contribution in [3.63, 3.8) is 0 Å². The third-order valence-electron chi connectivity index (χ3n) is 2.99. The molecule has 3 nitrogen and oxygen atoms in total. The second kappa shape index (κ2) is 4.76. The molecular weight excluding hydrogens is 298 g/mol. The van der Waals surface area contributed by atoms with Crippen LogP contribution in [0.3, 0.4) is 0 Å². The molecule has 2 heterocycles. The molecule has 2 N–H and O–H groups in total. The maximum Gasteiger partial charge on any atom is 0.190 e. The van der Waals surface area contributed by atoms with Crippen LogP contribution in [0.15, 0.2) is 41.8 Å². The van der Waals surface area contributed by atoms with Gasteiger partial charge in [-0.05, 0) is 54.9 Å². The maximum atomic E-state index is 5.91. The van der Waals surface area contributed by atoms with Crippen molar-refractivity contribution in [1.82, 2.24) is 10.7 Å². The molecule has 6 heteroatoms. The second-order valence-electron chi connectivity index (χ2n) is 4.46. The third kappa shape index (κ3) is 2.34. The first-order valence-electron chi connectivity index (χ1n) is 5.78. The maximum absolute atomic E-state index is 5.91. The Hall–Kier alpha value is -1.14. The summed E-state index contributed by atoms with van der Waals surface area (Å²) >= 11 is 13.0. The van der Waals surface area contributed by atoms with E-state index in [1.807, 2.05) is 35.3 Å². The predicted octanol–water partition coefficient (Wildman–Crippen LogP) is 3.47. The van der Waals surface area contributed by atoms with Gasteiger partial charge >= 0.3 is 0 Å². The van der Waals surface area contributed by atoms with Crippen LogP contribution < -0.4 is 15.8 Å². The number of nitrogens with one attached hydrogen (secondary N) is 2. The Morgan fingerprint density at radius 3 is 2.63 bits per heavy atom. The smallest absolute Gasteiger partial charge is 0.190 e. The summed E-state index contributed by atoms with van der Waals surface area (Å²) in [7, 11) is 0. The van der Waals surface area contributed by atoms with Gasteiger partial charge in [0.25, 0.3) is 0 Å². The summed E-state index contributed by atoms with van der Waals surface area (Å²) in [5.41, 5.74) is 3.99. The lowest BCUT2D eigenvalue weighted by atomic mass is 10.2. The first kappa shape index (κ1) is 12.9. The zero-order valence-corrected chi connectivity index (χ0v) is 12.6. The van der Waals surface area contributed by atoms with Crippen molar-refractivity contribution in [2.45, 2.75) is 12.6 Å². The Morgan fingerprint density at radius 2 is 2.00 bits per heavy atom. The molecule has 0 spiro atoms. The van der Waals surface area contributed by atoms with Crippen LogP contribution in [0, 0.1) is 0 Å². The number of thiocarbonyl (C=S) groups is 1. The topological polar surface area (TPSA) is 27.3 Å². The first-order chi connectivity index (χ1) is 9.08. The molecule has 1 aromatic heterocycles. The van der Waals surface area contributed by atoms with Crippen LogP contribution in [-0.4, -0.2) is 5.11 Å². The number of hydrogen-bond donors (Lipinski definition) is 2. The fourth-order valence-electron chi connectivity index (χ4n) is 2.02. The molecule has 19 heavy (non-hydrogen) atoms. The van der Waals surface area contributed by atoms with Crippen molar-refractivity contribution >= 4 is 46.0 Å². The molecule has 0 amide bonds. The van der Waals surface area contributed by atoms with E-state index in [0.29, 0.717) is 10.1 Å². The summed E-state index contributed by atoms with van der Waals surface area (Å²) in [5.74, 6) is 0. The average Bonchev–Trinajstić information content (AvgIpc) is 2.99. The number of anilines is 1. The Kier molecular flexibility index (Phi) is 3.22. The minimum atomic E-state index is -0.370. The minimum Gasteiger partial charge on any atom is -0.337 e. The number of hydrogen-bond acceptors (Lipinski definition) is 3. The van der Waals surface area contributed by atoms with Crippen LogP contribution in [0.25, 0.3) is 0 Å². The SMILES string of the molecule is C[C@]1(c2cccs2)NC(=S)N(c2ccc(Cl)cc2)N1. The number of thiophene rings is 1. The minimum absolute atomic E-state index is 0.370. The average molecular weight is 310 g/mol. The molecule has 0 radical (unpaired) electrons. The van der Waals surface area contributed by atoms with Gasteiger partial charge in [-0.2, -0.15) is 5.43 Å². The Bertz CT molecular complexity index is 597. The fraction of sp³-hybridized carbons (Fsp3) is 0.154. The molecule has 1 aliphatic rings. The molecule has 2 aromatic rings. The van der Waals surface area contributed by atoms with Gasteiger partial charge < -0.3 is 5.32 Å². The summed E-state index contributed by atoms with van der Waals surface area (Å²) in [6.07, 6.45) is 0. The molecule has 1 aromatic carbocycles. The van der Waals surface area contributed by atoms with Gasteiger partial charge in [0.15, 0.2) is 5.11 Å². The monoisotopic (exact) mass is 309 g/mol. The van der Waals surface area contributed by atoms with Crippen molar-refractivity contribution in [3.05, 3.63) is 51.7 Å². The molecule has 1 saturated heterocycles. The lowest BCUT2D eigenvalue weighted by molar-refractivity contribution is 0.398. The largest absolute Gasteiger partial charge is 0.337 e. The highest BCUT2D eigenvalue weighted by atomic mass is 35.5. The highest BCUT2D eigenvalue weighted by molar-refractivity contribution is 7.80. The summed E-state index contributed by atoms with van der Waals surface area (Å²) in [6.45, 7) is 2.07. The van der Waals surface area contributed by atoms with Gasteiger partial charge in [-0.25, -0.2) is 5.01 Å². The highest BCUT2D eigenvalue weighted by Crippen LogP contribution is 2.29. The van der Waals surface area contributed by atoms with E-state index < -0.39 is 0 Å². The second-order valence-corrected chi connectivity index (χ2v) is 6.23. The first-order valence-corrected chi connectivity index (χ1v) is 7.45. The molecule has 98 valence electrons. The van der Waals surface area contributed by atoms with Gasteiger partial charge in [0, 0.05) is 9.90 Å². The lowest BCUT2D eigenvalue weighted by Gasteiger charge is -2.24. The molecule has 0 saturated carbocycles. The van der Waals surface area contributed by atoms with Crippen molar-refractivity contribution in [2.75, 3.05) is 5.01 Å². The molecular formula is C13H12ClN3S2. The number of benzene rings is 1. The van der Waals surface area contributed by atoms with Gasteiger partial charge in [-0.15, -0.1) is 11.3 Å². The van der Waals surface area contributed by atoms with Crippen molar-refractivity contribution in [1.29, 1.82) is 0 Å². The van der Waals surface area contributed by atoms with E-state index in [1.54, 1.807) is 11.3 Å². The standard InChI is InChI=1S/C13H12ClN3S2/c1-13(11-3-2-8-19-11)15-12(18)17(16-13)10-6-4-9(14)5-7-10/h2-8,16H,1H3,(H,15,18)/t13-/m0/s1. The van der Waals surface area contributed by atoms with Crippen LogP contribution >= 0.6 is 35.2 Å².